The van der Waals surface area contributed by atoms with Gasteiger partial charge in [-0.2, -0.15) is 0 Å². The average molecular weight is 281 g/mol. The lowest BCUT2D eigenvalue weighted by Gasteiger charge is -2.20. The number of aliphatic carboxylic acids is 1. The van der Waals surface area contributed by atoms with Gasteiger partial charge in [-0.15, -0.1) is 0 Å². The van der Waals surface area contributed by atoms with E-state index in [1.807, 2.05) is 0 Å². The first kappa shape index (κ1) is 14.5. The molecule has 0 aromatic carbocycles. The monoisotopic (exact) mass is 281 g/mol. The highest BCUT2D eigenvalue weighted by atomic mass is 16.4. The maximum absolute atomic E-state index is 10.9. The molecular weight excluding hydrogens is 262 g/mol. The molecule has 1 atom stereocenters. The number of ketones is 1. The summed E-state index contributed by atoms with van der Waals surface area (Å²) >= 11 is 0. The Morgan fingerprint density at radius 2 is 2.10 bits per heavy atom. The highest BCUT2D eigenvalue weighted by Gasteiger charge is 2.23. The molecule has 1 saturated heterocycles. The van der Waals surface area contributed by atoms with Gasteiger partial charge in [-0.1, -0.05) is 0 Å². The van der Waals surface area contributed by atoms with Crippen molar-refractivity contribution in [2.45, 2.75) is 18.9 Å². The van der Waals surface area contributed by atoms with E-state index in [0.29, 0.717) is 13.0 Å². The van der Waals surface area contributed by atoms with Crippen LogP contribution in [0.4, 0.5) is 0 Å². The van der Waals surface area contributed by atoms with E-state index in [0.717, 1.165) is 37.3 Å². The first-order chi connectivity index (χ1) is 9.58. The van der Waals surface area contributed by atoms with Crippen LogP contribution in [0, 0.1) is 0 Å². The Morgan fingerprint density at radius 3 is 2.70 bits per heavy atom. The van der Waals surface area contributed by atoms with Crippen molar-refractivity contribution in [3.63, 3.8) is 0 Å². The van der Waals surface area contributed by atoms with E-state index in [4.69, 9.17) is 5.11 Å². The Labute approximate surface area is 116 Å². The van der Waals surface area contributed by atoms with Crippen LogP contribution in [0.15, 0.2) is 23.1 Å². The third-order valence-corrected chi connectivity index (χ3v) is 3.36. The maximum Gasteiger partial charge on any atom is 0.322 e. The van der Waals surface area contributed by atoms with Crippen LogP contribution in [0.3, 0.4) is 0 Å². The molecule has 0 bridgehead atoms. The number of hydrogen-bond donors (Lipinski definition) is 5. The molecule has 2 heterocycles. The predicted molar refractivity (Wildman–Crippen MR) is 72.3 cm³/mol. The minimum absolute atomic E-state index is 0.00458. The number of carbonyl (C=O) groups is 2. The molecule has 0 radical (unpaired) electrons. The molecule has 0 aromatic rings. The Kier molecular flexibility index (Phi) is 4.75. The van der Waals surface area contributed by atoms with Gasteiger partial charge in [0.2, 0.25) is 0 Å². The lowest BCUT2D eigenvalue weighted by molar-refractivity contribution is -0.139. The van der Waals surface area contributed by atoms with Gasteiger partial charge in [0.15, 0.2) is 5.78 Å². The normalized spacial score (nSPS) is 25.1. The highest BCUT2D eigenvalue weighted by molar-refractivity contribution is 5.94. The summed E-state index contributed by atoms with van der Waals surface area (Å²) in [6.07, 6.45) is 2.66. The molecule has 0 saturated carbocycles. The van der Waals surface area contributed by atoms with E-state index in [-0.39, 0.29) is 11.5 Å². The van der Waals surface area contributed by atoms with Crippen molar-refractivity contribution < 1.29 is 19.8 Å². The molecular formula is C13H19N3O4. The Hall–Kier alpha value is -1.86. The lowest BCUT2D eigenvalue weighted by Crippen LogP contribution is -2.52. The molecule has 1 unspecified atom stereocenters. The first-order valence-electron chi connectivity index (χ1n) is 6.64. The van der Waals surface area contributed by atoms with Crippen molar-refractivity contribution in [3.8, 4) is 0 Å². The number of carbonyl (C=O) groups excluding carboxylic acids is 1. The Morgan fingerprint density at radius 1 is 1.30 bits per heavy atom. The van der Waals surface area contributed by atoms with Gasteiger partial charge in [-0.3, -0.25) is 9.59 Å². The average Bonchev–Trinajstić information content (AvgIpc) is 2.89. The van der Waals surface area contributed by atoms with Crippen LogP contribution in [0.2, 0.25) is 0 Å². The van der Waals surface area contributed by atoms with E-state index in [2.05, 4.69) is 16.0 Å². The molecule has 7 nitrogen and oxygen atoms in total. The van der Waals surface area contributed by atoms with Crippen LogP contribution >= 0.6 is 0 Å². The topological polar surface area (TPSA) is 111 Å². The Balaban J connectivity index is 0.000000151. The summed E-state index contributed by atoms with van der Waals surface area (Å²) in [5.74, 6) is -0.666. The van der Waals surface area contributed by atoms with E-state index >= 15 is 0 Å². The molecule has 3 rings (SSSR count). The zero-order valence-corrected chi connectivity index (χ0v) is 11.1. The summed E-state index contributed by atoms with van der Waals surface area (Å²) in [6, 6.07) is -0.390. The molecule has 20 heavy (non-hydrogen) atoms. The zero-order valence-electron chi connectivity index (χ0n) is 11.1. The van der Waals surface area contributed by atoms with E-state index < -0.39 is 12.0 Å². The number of carboxylic acids is 1. The van der Waals surface area contributed by atoms with Gasteiger partial charge in [0.05, 0.1) is 5.70 Å². The van der Waals surface area contributed by atoms with Gasteiger partial charge >= 0.3 is 5.97 Å². The minimum atomic E-state index is -0.776. The number of piperazine rings is 1. The first-order valence-corrected chi connectivity index (χ1v) is 6.64. The number of aliphatic hydroxyl groups excluding tert-OH is 1. The molecule has 0 spiro atoms. The molecule has 5 N–H and O–H groups in total. The van der Waals surface area contributed by atoms with Crippen LogP contribution in [0.5, 0.6) is 0 Å². The summed E-state index contributed by atoms with van der Waals surface area (Å²) in [5, 5.41) is 26.6. The van der Waals surface area contributed by atoms with Crippen molar-refractivity contribution in [1.29, 1.82) is 0 Å². The molecule has 2 aliphatic heterocycles. The standard InChI is InChI=1S/C8H9NO2.C5H10N2O2/c10-6-3-5-1-2-9-8(5)7(11)4-6;8-5(9)4-3-6-1-2-7-4/h4,9,11H,1-3H2;4,6-7H,1-3H2,(H,8,9). The molecule has 0 aromatic heterocycles. The number of rotatable bonds is 1. The number of allylic oxidation sites excluding steroid dienone is 1. The third kappa shape index (κ3) is 3.58. The van der Waals surface area contributed by atoms with Gasteiger partial charge in [0, 0.05) is 38.7 Å². The molecule has 7 heteroatoms. The van der Waals surface area contributed by atoms with Crippen molar-refractivity contribution >= 4 is 11.8 Å². The van der Waals surface area contributed by atoms with Gasteiger partial charge in [0.1, 0.15) is 11.8 Å². The molecule has 0 amide bonds. The smallest absolute Gasteiger partial charge is 0.322 e. The van der Waals surface area contributed by atoms with Crippen LogP contribution in [-0.2, 0) is 9.59 Å². The Bertz CT molecular complexity index is 464. The molecule has 1 fully saturated rings. The largest absolute Gasteiger partial charge is 0.506 e. The fourth-order valence-corrected chi connectivity index (χ4v) is 2.35. The SMILES string of the molecule is O=C(O)C1CNCCN1.O=C1C=C(O)C2=C(CCN2)C1. The summed E-state index contributed by atoms with van der Waals surface area (Å²) in [7, 11) is 0. The highest BCUT2D eigenvalue weighted by Crippen LogP contribution is 2.25. The van der Waals surface area contributed by atoms with Gasteiger partial charge in [-0.05, 0) is 12.0 Å². The van der Waals surface area contributed by atoms with Gasteiger partial charge in [-0.25, -0.2) is 0 Å². The zero-order chi connectivity index (χ0) is 14.5. The summed E-state index contributed by atoms with van der Waals surface area (Å²) < 4.78 is 0. The third-order valence-electron chi connectivity index (χ3n) is 3.36. The van der Waals surface area contributed by atoms with Crippen LogP contribution in [-0.4, -0.2) is 54.2 Å². The second-order valence-corrected chi connectivity index (χ2v) is 4.88. The molecule has 1 aliphatic carbocycles. The molecule has 3 aliphatic rings. The minimum Gasteiger partial charge on any atom is -0.506 e. The summed E-state index contributed by atoms with van der Waals surface area (Å²) in [5.41, 5.74) is 1.83. The van der Waals surface area contributed by atoms with Crippen molar-refractivity contribution in [2.75, 3.05) is 26.2 Å². The summed E-state index contributed by atoms with van der Waals surface area (Å²) in [4.78, 5) is 21.2. The number of aliphatic hydroxyl groups is 1. The second-order valence-electron chi connectivity index (χ2n) is 4.88. The van der Waals surface area contributed by atoms with Gasteiger partial charge in [0.25, 0.3) is 0 Å². The van der Waals surface area contributed by atoms with Crippen molar-refractivity contribution in [2.24, 2.45) is 0 Å². The van der Waals surface area contributed by atoms with Crippen LogP contribution < -0.4 is 16.0 Å². The lowest BCUT2D eigenvalue weighted by atomic mass is 10.0. The maximum atomic E-state index is 10.9. The quantitative estimate of drug-likeness (QED) is 0.431. The number of carboxylic acid groups (broad SMARTS) is 1. The van der Waals surface area contributed by atoms with E-state index in [9.17, 15) is 14.7 Å². The van der Waals surface area contributed by atoms with Crippen molar-refractivity contribution in [3.05, 3.63) is 23.1 Å². The fraction of sp³-hybridized carbons (Fsp3) is 0.538. The summed E-state index contributed by atoms with van der Waals surface area (Å²) in [6.45, 7) is 2.99. The van der Waals surface area contributed by atoms with Crippen LogP contribution in [0.1, 0.15) is 12.8 Å². The molecule has 110 valence electrons. The van der Waals surface area contributed by atoms with Gasteiger partial charge < -0.3 is 26.2 Å². The van der Waals surface area contributed by atoms with Crippen molar-refractivity contribution in [1.82, 2.24) is 16.0 Å². The number of nitrogens with one attached hydrogen (secondary N) is 3. The number of hydrogen-bond acceptors (Lipinski definition) is 6. The van der Waals surface area contributed by atoms with Crippen LogP contribution in [0.25, 0.3) is 0 Å². The van der Waals surface area contributed by atoms with E-state index in [1.165, 1.54) is 6.08 Å². The predicted octanol–water partition coefficient (Wildman–Crippen LogP) is -0.719. The van der Waals surface area contributed by atoms with E-state index in [1.54, 1.807) is 0 Å². The second kappa shape index (κ2) is 6.53. The fourth-order valence-electron chi connectivity index (χ4n) is 2.35.